The van der Waals surface area contributed by atoms with Gasteiger partial charge in [0.25, 0.3) is 0 Å². The highest BCUT2D eigenvalue weighted by atomic mass is 32.2. The second-order valence-corrected chi connectivity index (χ2v) is 8.88. The lowest BCUT2D eigenvalue weighted by Gasteiger charge is -2.19. The van der Waals surface area contributed by atoms with E-state index >= 15 is 0 Å². The van der Waals surface area contributed by atoms with Crippen LogP contribution >= 0.6 is 0 Å². The van der Waals surface area contributed by atoms with Gasteiger partial charge in [0.1, 0.15) is 10.6 Å². The number of hydrogen-bond acceptors (Lipinski definition) is 5. The fraction of sp³-hybridized carbons (Fsp3) is 0.381. The number of carbonyl (C=O) groups is 1. The van der Waals surface area contributed by atoms with Gasteiger partial charge in [0.15, 0.2) is 0 Å². The summed E-state index contributed by atoms with van der Waals surface area (Å²) in [4.78, 5) is 12.4. The summed E-state index contributed by atoms with van der Waals surface area (Å²) in [6.07, 6.45) is 1.72. The Morgan fingerprint density at radius 1 is 1.10 bits per heavy atom. The maximum Gasteiger partial charge on any atom is 0.246 e. The molecule has 0 unspecified atom stereocenters. The van der Waals surface area contributed by atoms with Gasteiger partial charge in [0.2, 0.25) is 15.9 Å². The van der Waals surface area contributed by atoms with E-state index in [-0.39, 0.29) is 17.3 Å². The molecule has 0 bridgehead atoms. The van der Waals surface area contributed by atoms with Gasteiger partial charge in [-0.25, -0.2) is 8.42 Å². The number of amides is 1. The number of sulfonamides is 1. The number of benzene rings is 2. The molecular formula is C21H27N3O4S. The normalized spacial score (nSPS) is 14.6. The molecule has 29 heavy (non-hydrogen) atoms. The number of rotatable bonds is 8. The number of anilines is 2. The van der Waals surface area contributed by atoms with Gasteiger partial charge < -0.3 is 15.4 Å². The lowest BCUT2D eigenvalue weighted by molar-refractivity contribution is -0.114. The third-order valence-corrected chi connectivity index (χ3v) is 6.60. The second kappa shape index (κ2) is 9.28. The Morgan fingerprint density at radius 2 is 1.86 bits per heavy atom. The minimum atomic E-state index is -3.64. The SMILES string of the molecule is CCOc1ccc(NCC(=O)Nc2cccc(C)c2)cc1S(=O)(=O)N1CCCC1. The Kier molecular flexibility index (Phi) is 6.76. The molecule has 3 rings (SSSR count). The van der Waals surface area contributed by atoms with Gasteiger partial charge in [-0.05, 0) is 62.6 Å². The van der Waals surface area contributed by atoms with E-state index in [4.69, 9.17) is 4.74 Å². The van der Waals surface area contributed by atoms with Crippen LogP contribution in [0.1, 0.15) is 25.3 Å². The Morgan fingerprint density at radius 3 is 2.55 bits per heavy atom. The van der Waals surface area contributed by atoms with E-state index in [1.807, 2.05) is 38.1 Å². The number of nitrogens with zero attached hydrogens (tertiary/aromatic N) is 1. The van der Waals surface area contributed by atoms with Crippen molar-refractivity contribution in [2.45, 2.75) is 31.6 Å². The first-order chi connectivity index (χ1) is 13.9. The van der Waals surface area contributed by atoms with Gasteiger partial charge in [0, 0.05) is 24.5 Å². The quantitative estimate of drug-likeness (QED) is 0.689. The standard InChI is InChI=1S/C21H27N3O4S/c1-3-28-19-10-9-17(14-20(19)29(26,27)24-11-4-5-12-24)22-15-21(25)23-18-8-6-7-16(2)13-18/h6-10,13-14,22H,3-5,11-12,15H2,1-2H3,(H,23,25). The molecule has 1 saturated heterocycles. The summed E-state index contributed by atoms with van der Waals surface area (Å²) >= 11 is 0. The van der Waals surface area contributed by atoms with Crippen LogP contribution in [-0.4, -0.2) is 44.9 Å². The summed E-state index contributed by atoms with van der Waals surface area (Å²) in [5, 5.41) is 5.82. The van der Waals surface area contributed by atoms with Gasteiger partial charge in [-0.3, -0.25) is 4.79 Å². The summed E-state index contributed by atoms with van der Waals surface area (Å²) < 4.78 is 33.1. The monoisotopic (exact) mass is 417 g/mol. The topological polar surface area (TPSA) is 87.7 Å². The van der Waals surface area contributed by atoms with Crippen LogP contribution < -0.4 is 15.4 Å². The molecule has 1 fully saturated rings. The van der Waals surface area contributed by atoms with Crippen LogP contribution in [0.25, 0.3) is 0 Å². The minimum Gasteiger partial charge on any atom is -0.492 e. The third kappa shape index (κ3) is 5.27. The zero-order chi connectivity index (χ0) is 20.9. The fourth-order valence-corrected chi connectivity index (χ4v) is 4.95. The van der Waals surface area contributed by atoms with Crippen LogP contribution in [0.3, 0.4) is 0 Å². The van der Waals surface area contributed by atoms with Crippen molar-refractivity contribution in [2.24, 2.45) is 0 Å². The van der Waals surface area contributed by atoms with Crippen LogP contribution in [0, 0.1) is 6.92 Å². The Hall–Kier alpha value is -2.58. The number of aryl methyl sites for hydroxylation is 1. The van der Waals surface area contributed by atoms with Crippen molar-refractivity contribution >= 4 is 27.3 Å². The van der Waals surface area contributed by atoms with E-state index in [1.165, 1.54) is 4.31 Å². The van der Waals surface area contributed by atoms with E-state index in [9.17, 15) is 13.2 Å². The molecular weight excluding hydrogens is 390 g/mol. The van der Waals surface area contributed by atoms with Crippen LogP contribution in [0.5, 0.6) is 5.75 Å². The Labute approximate surface area is 172 Å². The van der Waals surface area contributed by atoms with E-state index in [0.29, 0.717) is 31.1 Å². The minimum absolute atomic E-state index is 0.0190. The zero-order valence-corrected chi connectivity index (χ0v) is 17.6. The first kappa shape index (κ1) is 21.1. The molecule has 0 spiro atoms. The lowest BCUT2D eigenvalue weighted by Crippen LogP contribution is -2.28. The Balaban J connectivity index is 1.73. The zero-order valence-electron chi connectivity index (χ0n) is 16.8. The van der Waals surface area contributed by atoms with Gasteiger partial charge in [-0.15, -0.1) is 0 Å². The third-order valence-electron chi connectivity index (χ3n) is 4.68. The molecule has 2 aromatic carbocycles. The maximum absolute atomic E-state index is 13.0. The van der Waals surface area contributed by atoms with Gasteiger partial charge in [0.05, 0.1) is 13.2 Å². The van der Waals surface area contributed by atoms with E-state index in [0.717, 1.165) is 24.1 Å². The summed E-state index contributed by atoms with van der Waals surface area (Å²) in [5.74, 6) is 0.114. The number of nitrogens with one attached hydrogen (secondary N) is 2. The smallest absolute Gasteiger partial charge is 0.246 e. The second-order valence-electron chi connectivity index (χ2n) is 6.98. The average Bonchev–Trinajstić information content (AvgIpc) is 3.23. The van der Waals surface area contributed by atoms with Crippen molar-refractivity contribution in [1.29, 1.82) is 0 Å². The van der Waals surface area contributed by atoms with Crippen LogP contribution in [-0.2, 0) is 14.8 Å². The molecule has 1 amide bonds. The lowest BCUT2D eigenvalue weighted by atomic mass is 10.2. The molecule has 156 valence electrons. The number of ether oxygens (including phenoxy) is 1. The summed E-state index contributed by atoms with van der Waals surface area (Å²) in [5.41, 5.74) is 2.32. The molecule has 0 aromatic heterocycles. The molecule has 1 heterocycles. The van der Waals surface area contributed by atoms with Crippen molar-refractivity contribution in [3.63, 3.8) is 0 Å². The summed E-state index contributed by atoms with van der Waals surface area (Å²) in [6.45, 7) is 5.19. The molecule has 2 N–H and O–H groups in total. The molecule has 2 aromatic rings. The van der Waals surface area contributed by atoms with Crippen molar-refractivity contribution in [3.05, 3.63) is 48.0 Å². The Bertz CT molecular complexity index is 970. The first-order valence-electron chi connectivity index (χ1n) is 9.77. The first-order valence-corrected chi connectivity index (χ1v) is 11.2. The van der Waals surface area contributed by atoms with Crippen molar-refractivity contribution in [3.8, 4) is 5.75 Å². The van der Waals surface area contributed by atoms with E-state index < -0.39 is 10.0 Å². The predicted molar refractivity (Wildman–Crippen MR) is 114 cm³/mol. The summed E-state index contributed by atoms with van der Waals surface area (Å²) in [6, 6.07) is 12.4. The molecule has 0 radical (unpaired) electrons. The highest BCUT2D eigenvalue weighted by molar-refractivity contribution is 7.89. The van der Waals surface area contributed by atoms with Crippen LogP contribution in [0.2, 0.25) is 0 Å². The fourth-order valence-electron chi connectivity index (χ4n) is 3.27. The van der Waals surface area contributed by atoms with Crippen LogP contribution in [0.15, 0.2) is 47.4 Å². The molecule has 1 aliphatic rings. The van der Waals surface area contributed by atoms with E-state index in [1.54, 1.807) is 18.2 Å². The van der Waals surface area contributed by atoms with Gasteiger partial charge >= 0.3 is 0 Å². The van der Waals surface area contributed by atoms with Crippen molar-refractivity contribution < 1.29 is 17.9 Å². The van der Waals surface area contributed by atoms with Crippen LogP contribution in [0.4, 0.5) is 11.4 Å². The highest BCUT2D eigenvalue weighted by Gasteiger charge is 2.30. The largest absolute Gasteiger partial charge is 0.492 e. The highest BCUT2D eigenvalue weighted by Crippen LogP contribution is 2.31. The van der Waals surface area contributed by atoms with Crippen molar-refractivity contribution in [1.82, 2.24) is 4.31 Å². The maximum atomic E-state index is 13.0. The average molecular weight is 418 g/mol. The molecule has 0 atom stereocenters. The van der Waals surface area contributed by atoms with E-state index in [2.05, 4.69) is 10.6 Å². The molecule has 7 nitrogen and oxygen atoms in total. The summed E-state index contributed by atoms with van der Waals surface area (Å²) in [7, 11) is -3.64. The molecule has 8 heteroatoms. The predicted octanol–water partition coefficient (Wildman–Crippen LogP) is 3.23. The molecule has 0 saturated carbocycles. The van der Waals surface area contributed by atoms with Crippen molar-refractivity contribution in [2.75, 3.05) is 36.9 Å². The number of hydrogen-bond donors (Lipinski definition) is 2. The van der Waals surface area contributed by atoms with Gasteiger partial charge in [-0.2, -0.15) is 4.31 Å². The molecule has 0 aliphatic carbocycles. The molecule has 1 aliphatic heterocycles. The van der Waals surface area contributed by atoms with Gasteiger partial charge in [-0.1, -0.05) is 12.1 Å². The number of carbonyl (C=O) groups excluding carboxylic acids is 1.